The Morgan fingerprint density at radius 1 is 1.14 bits per heavy atom. The topological polar surface area (TPSA) is 118 Å². The lowest BCUT2D eigenvalue weighted by Crippen LogP contribution is -2.54. The fraction of sp³-hybridized carbons (Fsp3) is 0.286. The van der Waals surface area contributed by atoms with E-state index in [9.17, 15) is 15.0 Å². The van der Waals surface area contributed by atoms with Crippen molar-refractivity contribution in [2.75, 3.05) is 13.2 Å². The zero-order valence-electron chi connectivity index (χ0n) is 15.6. The number of carbonyl (C=O) groups is 1. The molecule has 3 atom stereocenters. The fourth-order valence-corrected chi connectivity index (χ4v) is 3.34. The average molecular weight is 395 g/mol. The van der Waals surface area contributed by atoms with Crippen LogP contribution in [0.25, 0.3) is 22.8 Å². The van der Waals surface area contributed by atoms with Crippen LogP contribution in [0.2, 0.25) is 0 Å². The summed E-state index contributed by atoms with van der Waals surface area (Å²) in [6.07, 6.45) is -1.25. The molecule has 0 unspecified atom stereocenters. The van der Waals surface area contributed by atoms with Crippen molar-refractivity contribution in [2.24, 2.45) is 0 Å². The summed E-state index contributed by atoms with van der Waals surface area (Å²) in [7, 11) is 0. The van der Waals surface area contributed by atoms with Crippen molar-refractivity contribution < 1.29 is 24.3 Å². The zero-order valence-corrected chi connectivity index (χ0v) is 15.6. The number of hydrogen-bond acceptors (Lipinski definition) is 7. The molecule has 3 N–H and O–H groups in total. The maximum Gasteiger partial charge on any atom is 0.259 e. The van der Waals surface area contributed by atoms with Crippen molar-refractivity contribution in [3.63, 3.8) is 0 Å². The number of aliphatic hydroxyl groups excluding tert-OH is 2. The zero-order chi connectivity index (χ0) is 20.2. The Labute approximate surface area is 167 Å². The minimum absolute atomic E-state index is 0.232. The van der Waals surface area contributed by atoms with E-state index in [4.69, 9.17) is 9.26 Å². The summed E-state index contributed by atoms with van der Waals surface area (Å²) in [6, 6.07) is 15.8. The lowest BCUT2D eigenvalue weighted by Gasteiger charge is -2.34. The highest BCUT2D eigenvalue weighted by Gasteiger charge is 2.33. The summed E-state index contributed by atoms with van der Waals surface area (Å²) >= 11 is 0. The Hall–Kier alpha value is -3.07. The van der Waals surface area contributed by atoms with Crippen molar-refractivity contribution in [3.8, 4) is 22.8 Å². The molecule has 1 aromatic heterocycles. The number of benzene rings is 2. The molecule has 0 aliphatic carbocycles. The molecule has 1 aliphatic heterocycles. The minimum Gasteiger partial charge on any atom is -0.394 e. The standard InChI is InChI=1S/C21H21N3O5/c25-12-17-18(26)16(10-11-28-17)22-20(27)14-8-4-5-9-15(14)21-23-19(24-29-21)13-6-2-1-3-7-13/h1-9,16-18,25-26H,10-12H2,(H,22,27)/t16-,17+,18-/m0/s1. The maximum atomic E-state index is 12.9. The molecule has 2 aromatic carbocycles. The lowest BCUT2D eigenvalue weighted by molar-refractivity contribution is -0.107. The number of nitrogens with zero attached hydrogens (tertiary/aromatic N) is 2. The van der Waals surface area contributed by atoms with Gasteiger partial charge in [0.25, 0.3) is 11.8 Å². The number of nitrogens with one attached hydrogen (secondary N) is 1. The van der Waals surface area contributed by atoms with Crippen molar-refractivity contribution in [3.05, 3.63) is 60.2 Å². The first-order chi connectivity index (χ1) is 14.2. The molecule has 8 heteroatoms. The number of ether oxygens (including phenoxy) is 1. The van der Waals surface area contributed by atoms with Crippen LogP contribution >= 0.6 is 0 Å². The first kappa shape index (κ1) is 19.3. The molecular formula is C21H21N3O5. The van der Waals surface area contributed by atoms with Gasteiger partial charge >= 0.3 is 0 Å². The van der Waals surface area contributed by atoms with Crippen molar-refractivity contribution in [1.29, 1.82) is 0 Å². The van der Waals surface area contributed by atoms with Gasteiger partial charge in [0.15, 0.2) is 0 Å². The summed E-state index contributed by atoms with van der Waals surface area (Å²) in [5.74, 6) is 0.291. The van der Waals surface area contributed by atoms with Crippen molar-refractivity contribution in [2.45, 2.75) is 24.7 Å². The molecule has 0 spiro atoms. The SMILES string of the molecule is O=C(N[C@H]1CCO[C@H](CO)[C@H]1O)c1ccccc1-c1nc(-c2ccccc2)no1. The van der Waals surface area contributed by atoms with Gasteiger partial charge in [0.05, 0.1) is 23.8 Å². The molecule has 150 valence electrons. The molecule has 29 heavy (non-hydrogen) atoms. The Morgan fingerprint density at radius 2 is 1.90 bits per heavy atom. The Balaban J connectivity index is 1.57. The van der Waals surface area contributed by atoms with Crippen LogP contribution in [0, 0.1) is 0 Å². The third-order valence-corrected chi connectivity index (χ3v) is 4.91. The van der Waals surface area contributed by atoms with Gasteiger partial charge in [-0.2, -0.15) is 4.98 Å². The predicted molar refractivity (Wildman–Crippen MR) is 104 cm³/mol. The van der Waals surface area contributed by atoms with E-state index in [0.717, 1.165) is 5.56 Å². The average Bonchev–Trinajstić information content (AvgIpc) is 3.26. The molecule has 1 aliphatic rings. The van der Waals surface area contributed by atoms with E-state index in [1.54, 1.807) is 24.3 Å². The van der Waals surface area contributed by atoms with E-state index in [2.05, 4.69) is 15.5 Å². The number of aliphatic hydroxyl groups is 2. The van der Waals surface area contributed by atoms with Crippen LogP contribution in [-0.2, 0) is 4.74 Å². The van der Waals surface area contributed by atoms with Gasteiger partial charge in [0, 0.05) is 12.2 Å². The normalized spacial score (nSPS) is 21.7. The minimum atomic E-state index is -0.988. The highest BCUT2D eigenvalue weighted by Crippen LogP contribution is 2.25. The summed E-state index contributed by atoms with van der Waals surface area (Å²) in [6.45, 7) is 0.0351. The van der Waals surface area contributed by atoms with Crippen LogP contribution in [0.3, 0.4) is 0 Å². The number of hydrogen-bond donors (Lipinski definition) is 3. The second-order valence-corrected chi connectivity index (χ2v) is 6.79. The smallest absolute Gasteiger partial charge is 0.259 e. The van der Waals surface area contributed by atoms with E-state index in [1.807, 2.05) is 30.3 Å². The van der Waals surface area contributed by atoms with Crippen molar-refractivity contribution >= 4 is 5.91 Å². The highest BCUT2D eigenvalue weighted by atomic mass is 16.5. The molecule has 0 bridgehead atoms. The fourth-order valence-electron chi connectivity index (χ4n) is 3.34. The summed E-state index contributed by atoms with van der Waals surface area (Å²) in [4.78, 5) is 17.3. The van der Waals surface area contributed by atoms with E-state index in [0.29, 0.717) is 30.0 Å². The Morgan fingerprint density at radius 3 is 2.69 bits per heavy atom. The molecule has 3 aromatic rings. The van der Waals surface area contributed by atoms with Crippen LogP contribution < -0.4 is 5.32 Å². The number of amides is 1. The van der Waals surface area contributed by atoms with Crippen LogP contribution in [0.4, 0.5) is 0 Å². The highest BCUT2D eigenvalue weighted by molar-refractivity contribution is 6.00. The van der Waals surface area contributed by atoms with Gasteiger partial charge in [0.1, 0.15) is 12.2 Å². The molecular weight excluding hydrogens is 374 g/mol. The van der Waals surface area contributed by atoms with E-state index in [-0.39, 0.29) is 18.4 Å². The lowest BCUT2D eigenvalue weighted by atomic mass is 9.99. The van der Waals surface area contributed by atoms with Gasteiger partial charge < -0.3 is 24.8 Å². The number of aromatic nitrogens is 2. The van der Waals surface area contributed by atoms with E-state index in [1.165, 1.54) is 0 Å². The predicted octanol–water partition coefficient (Wildman–Crippen LogP) is 1.64. The van der Waals surface area contributed by atoms with Crippen LogP contribution in [0.15, 0.2) is 59.1 Å². The molecule has 1 amide bonds. The second-order valence-electron chi connectivity index (χ2n) is 6.79. The van der Waals surface area contributed by atoms with Crippen LogP contribution in [-0.4, -0.2) is 57.7 Å². The Kier molecular flexibility index (Phi) is 5.66. The van der Waals surface area contributed by atoms with Crippen molar-refractivity contribution in [1.82, 2.24) is 15.5 Å². The maximum absolute atomic E-state index is 12.9. The second kappa shape index (κ2) is 8.52. The van der Waals surface area contributed by atoms with Crippen LogP contribution in [0.5, 0.6) is 0 Å². The van der Waals surface area contributed by atoms with Gasteiger partial charge in [-0.25, -0.2) is 0 Å². The van der Waals surface area contributed by atoms with Gasteiger partial charge in [-0.1, -0.05) is 47.6 Å². The molecule has 0 radical (unpaired) electrons. The van der Waals surface area contributed by atoms with Gasteiger partial charge in [-0.3, -0.25) is 4.79 Å². The first-order valence-corrected chi connectivity index (χ1v) is 9.37. The largest absolute Gasteiger partial charge is 0.394 e. The molecule has 8 nitrogen and oxygen atoms in total. The molecule has 1 saturated heterocycles. The van der Waals surface area contributed by atoms with Gasteiger partial charge in [-0.15, -0.1) is 0 Å². The van der Waals surface area contributed by atoms with Crippen LogP contribution in [0.1, 0.15) is 16.8 Å². The molecule has 0 saturated carbocycles. The summed E-state index contributed by atoms with van der Waals surface area (Å²) in [5, 5.41) is 26.4. The number of rotatable bonds is 5. The Bertz CT molecular complexity index is 975. The quantitative estimate of drug-likeness (QED) is 0.601. The third-order valence-electron chi connectivity index (χ3n) is 4.91. The summed E-state index contributed by atoms with van der Waals surface area (Å²) in [5.41, 5.74) is 1.67. The number of carbonyl (C=O) groups excluding carboxylic acids is 1. The molecule has 4 rings (SSSR count). The van der Waals surface area contributed by atoms with Gasteiger partial charge in [0.2, 0.25) is 5.82 Å². The first-order valence-electron chi connectivity index (χ1n) is 9.37. The third kappa shape index (κ3) is 4.04. The van der Waals surface area contributed by atoms with E-state index >= 15 is 0 Å². The summed E-state index contributed by atoms with van der Waals surface area (Å²) < 4.78 is 10.7. The van der Waals surface area contributed by atoms with Gasteiger partial charge in [-0.05, 0) is 18.6 Å². The molecule has 2 heterocycles. The molecule has 1 fully saturated rings. The van der Waals surface area contributed by atoms with E-state index < -0.39 is 18.2 Å². The monoisotopic (exact) mass is 395 g/mol.